The lowest BCUT2D eigenvalue weighted by Crippen LogP contribution is -2.04. The molecule has 0 spiro atoms. The third kappa shape index (κ3) is 4.66. The van der Waals surface area contributed by atoms with E-state index in [4.69, 9.17) is 5.73 Å². The van der Waals surface area contributed by atoms with Gasteiger partial charge in [0, 0.05) is 24.4 Å². The van der Waals surface area contributed by atoms with Crippen molar-refractivity contribution in [1.82, 2.24) is 0 Å². The number of ketones is 1. The summed E-state index contributed by atoms with van der Waals surface area (Å²) in [7, 11) is 0. The summed E-state index contributed by atoms with van der Waals surface area (Å²) in [4.78, 5) is 20.6. The van der Waals surface area contributed by atoms with Gasteiger partial charge in [-0.25, -0.2) is 10.1 Å². The number of carbonyl (C=O) groups excluding carboxylic acids is 1. The SMILES string of the molecule is CC(=O)C[C@H](CC#C[N+](=O)[O-])c1ccc(N)cc1. The van der Waals surface area contributed by atoms with E-state index in [1.54, 1.807) is 12.1 Å². The van der Waals surface area contributed by atoms with Crippen molar-refractivity contribution >= 4 is 11.5 Å². The predicted molar refractivity (Wildman–Crippen MR) is 68.3 cm³/mol. The van der Waals surface area contributed by atoms with E-state index in [1.165, 1.54) is 6.92 Å². The lowest BCUT2D eigenvalue weighted by Gasteiger charge is -2.12. The summed E-state index contributed by atoms with van der Waals surface area (Å²) in [5.41, 5.74) is 7.13. The number of nitro groups is 1. The minimum atomic E-state index is -0.687. The second kappa shape index (κ2) is 6.40. The van der Waals surface area contributed by atoms with Crippen LogP contribution in [0, 0.1) is 22.1 Å². The van der Waals surface area contributed by atoms with Crippen molar-refractivity contribution < 1.29 is 9.72 Å². The Kier molecular flexibility index (Phi) is 4.88. The molecule has 2 N–H and O–H groups in total. The van der Waals surface area contributed by atoms with Crippen molar-refractivity contribution in [1.29, 1.82) is 0 Å². The minimum absolute atomic E-state index is 0.0275. The molecule has 0 fully saturated rings. The van der Waals surface area contributed by atoms with Crippen LogP contribution in [0.4, 0.5) is 5.69 Å². The maximum Gasteiger partial charge on any atom is 0.290 e. The summed E-state index contributed by atoms with van der Waals surface area (Å²) in [5, 5.41) is 10.1. The molecule has 0 aliphatic rings. The molecule has 0 aromatic heterocycles. The van der Waals surface area contributed by atoms with Crippen LogP contribution in [-0.2, 0) is 4.79 Å². The molecule has 0 radical (unpaired) electrons. The number of nitrogen functional groups attached to an aromatic ring is 1. The second-order valence-corrected chi connectivity index (χ2v) is 4.02. The number of carbonyl (C=O) groups is 1. The average molecular weight is 246 g/mol. The highest BCUT2D eigenvalue weighted by atomic mass is 16.6. The van der Waals surface area contributed by atoms with E-state index in [1.807, 2.05) is 18.2 Å². The molecule has 1 atom stereocenters. The fraction of sp³-hybridized carbons (Fsp3) is 0.308. The molecule has 18 heavy (non-hydrogen) atoms. The van der Waals surface area contributed by atoms with E-state index in [2.05, 4.69) is 5.92 Å². The highest BCUT2D eigenvalue weighted by Crippen LogP contribution is 2.24. The van der Waals surface area contributed by atoms with Gasteiger partial charge in [0.15, 0.2) is 0 Å². The first kappa shape index (κ1) is 13.7. The van der Waals surface area contributed by atoms with Gasteiger partial charge in [-0.05, 0) is 30.5 Å². The van der Waals surface area contributed by atoms with Crippen molar-refractivity contribution in [3.8, 4) is 12.0 Å². The van der Waals surface area contributed by atoms with Gasteiger partial charge in [0.25, 0.3) is 6.04 Å². The number of hydrogen-bond donors (Lipinski definition) is 1. The summed E-state index contributed by atoms with van der Waals surface area (Å²) < 4.78 is 0. The van der Waals surface area contributed by atoms with Crippen LogP contribution in [0.1, 0.15) is 31.2 Å². The Morgan fingerprint density at radius 2 is 2.06 bits per heavy atom. The highest BCUT2D eigenvalue weighted by Gasteiger charge is 2.13. The molecule has 5 heteroatoms. The molecule has 0 saturated heterocycles. The van der Waals surface area contributed by atoms with Crippen LogP contribution in [0.2, 0.25) is 0 Å². The standard InChI is InChI=1S/C13H14N2O3/c1-10(16)9-12(3-2-8-15(17)18)11-4-6-13(14)7-5-11/h4-7,12H,3,9,14H2,1H3/t12-/m0/s1. The summed E-state index contributed by atoms with van der Waals surface area (Å²) >= 11 is 0. The molecular weight excluding hydrogens is 232 g/mol. The summed E-state index contributed by atoms with van der Waals surface area (Å²) in [6, 6.07) is 8.98. The van der Waals surface area contributed by atoms with Crippen LogP contribution in [0.25, 0.3) is 0 Å². The molecule has 1 aromatic rings. The Morgan fingerprint density at radius 3 is 2.56 bits per heavy atom. The van der Waals surface area contributed by atoms with Gasteiger partial charge in [-0.15, -0.1) is 0 Å². The molecule has 94 valence electrons. The molecule has 0 bridgehead atoms. The highest BCUT2D eigenvalue weighted by molar-refractivity contribution is 5.76. The fourth-order valence-corrected chi connectivity index (χ4v) is 1.66. The van der Waals surface area contributed by atoms with Crippen LogP contribution < -0.4 is 5.73 Å². The zero-order valence-corrected chi connectivity index (χ0v) is 10.1. The van der Waals surface area contributed by atoms with Gasteiger partial charge in [-0.2, -0.15) is 0 Å². The number of rotatable bonds is 4. The first-order valence-corrected chi connectivity index (χ1v) is 5.47. The number of Topliss-reactive ketones (excluding diaryl/α,β-unsaturated/α-hetero) is 1. The van der Waals surface area contributed by atoms with E-state index < -0.39 is 4.92 Å². The van der Waals surface area contributed by atoms with Crippen molar-refractivity contribution in [2.45, 2.75) is 25.7 Å². The topological polar surface area (TPSA) is 86.2 Å². The molecule has 1 aromatic carbocycles. The van der Waals surface area contributed by atoms with Gasteiger partial charge in [-0.1, -0.05) is 12.1 Å². The van der Waals surface area contributed by atoms with Crippen LogP contribution >= 0.6 is 0 Å². The molecule has 5 nitrogen and oxygen atoms in total. The Labute approximate surface area is 105 Å². The minimum Gasteiger partial charge on any atom is -0.399 e. The van der Waals surface area contributed by atoms with Gasteiger partial charge in [0.2, 0.25) is 0 Å². The van der Waals surface area contributed by atoms with Gasteiger partial charge in [-0.3, -0.25) is 0 Å². The Hall–Kier alpha value is -2.35. The molecular formula is C13H14N2O3. The van der Waals surface area contributed by atoms with E-state index >= 15 is 0 Å². The number of benzene rings is 1. The molecule has 0 aliphatic heterocycles. The van der Waals surface area contributed by atoms with E-state index in [0.717, 1.165) is 5.56 Å². The molecule has 0 heterocycles. The van der Waals surface area contributed by atoms with E-state index in [-0.39, 0.29) is 18.1 Å². The lowest BCUT2D eigenvalue weighted by atomic mass is 9.91. The maximum absolute atomic E-state index is 11.2. The van der Waals surface area contributed by atoms with Crippen LogP contribution in [0.5, 0.6) is 0 Å². The average Bonchev–Trinajstić information content (AvgIpc) is 2.28. The Balaban J connectivity index is 2.85. The maximum atomic E-state index is 11.2. The van der Waals surface area contributed by atoms with Crippen LogP contribution in [-0.4, -0.2) is 10.7 Å². The van der Waals surface area contributed by atoms with Crippen molar-refractivity contribution in [3.05, 3.63) is 39.9 Å². The third-order valence-electron chi connectivity index (χ3n) is 2.46. The summed E-state index contributed by atoms with van der Waals surface area (Å²) in [5.74, 6) is 2.37. The van der Waals surface area contributed by atoms with Crippen molar-refractivity contribution in [3.63, 3.8) is 0 Å². The second-order valence-electron chi connectivity index (χ2n) is 4.02. The number of anilines is 1. The monoisotopic (exact) mass is 246 g/mol. The normalized spacial score (nSPS) is 11.2. The van der Waals surface area contributed by atoms with Gasteiger partial charge in [0.1, 0.15) is 10.7 Å². The van der Waals surface area contributed by atoms with Crippen molar-refractivity contribution in [2.24, 2.45) is 0 Å². The third-order valence-corrected chi connectivity index (χ3v) is 2.46. The Morgan fingerprint density at radius 1 is 1.44 bits per heavy atom. The first-order chi connectivity index (χ1) is 8.49. The molecule has 1 rings (SSSR count). The summed E-state index contributed by atoms with van der Waals surface area (Å²) in [6.45, 7) is 1.49. The first-order valence-electron chi connectivity index (χ1n) is 5.47. The quantitative estimate of drug-likeness (QED) is 0.289. The summed E-state index contributed by atoms with van der Waals surface area (Å²) in [6.07, 6.45) is 0.598. The van der Waals surface area contributed by atoms with Crippen LogP contribution in [0.3, 0.4) is 0 Å². The van der Waals surface area contributed by atoms with E-state index in [9.17, 15) is 14.9 Å². The smallest absolute Gasteiger partial charge is 0.290 e. The largest absolute Gasteiger partial charge is 0.399 e. The van der Waals surface area contributed by atoms with Crippen molar-refractivity contribution in [2.75, 3.05) is 5.73 Å². The number of hydrogen-bond acceptors (Lipinski definition) is 4. The van der Waals surface area contributed by atoms with E-state index in [0.29, 0.717) is 12.1 Å². The predicted octanol–water partition coefficient (Wildman–Crippen LogP) is 1.96. The molecule has 0 aliphatic carbocycles. The van der Waals surface area contributed by atoms with Gasteiger partial charge in [0.05, 0.1) is 0 Å². The molecule has 0 unspecified atom stereocenters. The fourth-order valence-electron chi connectivity index (χ4n) is 1.66. The zero-order chi connectivity index (χ0) is 13.5. The van der Waals surface area contributed by atoms with Gasteiger partial charge >= 0.3 is 0 Å². The Bertz CT molecular complexity index is 497. The number of nitrogens with two attached hydrogens (primary N) is 1. The van der Waals surface area contributed by atoms with Gasteiger partial charge < -0.3 is 10.5 Å². The molecule has 0 amide bonds. The number of nitrogens with zero attached hydrogens (tertiary/aromatic N) is 1. The lowest BCUT2D eigenvalue weighted by molar-refractivity contribution is -0.379. The zero-order valence-electron chi connectivity index (χ0n) is 10.1. The molecule has 0 saturated carbocycles. The van der Waals surface area contributed by atoms with Crippen LogP contribution in [0.15, 0.2) is 24.3 Å².